The van der Waals surface area contributed by atoms with Crippen LogP contribution in [0.2, 0.25) is 0 Å². The van der Waals surface area contributed by atoms with Crippen LogP contribution in [0.1, 0.15) is 33.1 Å². The Balaban J connectivity index is 2.02. The first-order valence-corrected chi connectivity index (χ1v) is 6.77. The predicted octanol–water partition coefficient (Wildman–Crippen LogP) is 1.18. The molecule has 17 heavy (non-hydrogen) atoms. The van der Waals surface area contributed by atoms with Crippen molar-refractivity contribution in [1.29, 1.82) is 0 Å². The zero-order chi connectivity index (χ0) is 12.5. The molecule has 4 heteroatoms. The lowest BCUT2D eigenvalue weighted by Gasteiger charge is -2.32. The minimum atomic E-state index is 0.115. The fourth-order valence-corrected chi connectivity index (χ4v) is 2.13. The van der Waals surface area contributed by atoms with Gasteiger partial charge in [0.05, 0.1) is 19.3 Å². The van der Waals surface area contributed by atoms with Gasteiger partial charge in [0.15, 0.2) is 0 Å². The van der Waals surface area contributed by atoms with Crippen LogP contribution in [0, 0.1) is 5.92 Å². The van der Waals surface area contributed by atoms with Crippen molar-refractivity contribution in [3.8, 4) is 0 Å². The smallest absolute Gasteiger partial charge is 0.0697 e. The van der Waals surface area contributed by atoms with Gasteiger partial charge in [-0.3, -0.25) is 0 Å². The normalized spacial score (nSPS) is 25.4. The van der Waals surface area contributed by atoms with Gasteiger partial charge in [-0.2, -0.15) is 0 Å². The quantitative estimate of drug-likeness (QED) is 0.631. The van der Waals surface area contributed by atoms with Crippen LogP contribution in [-0.4, -0.2) is 50.2 Å². The summed E-state index contributed by atoms with van der Waals surface area (Å²) in [5, 5.41) is 12.1. The molecule has 1 heterocycles. The minimum Gasteiger partial charge on any atom is -0.394 e. The highest BCUT2D eigenvalue weighted by atomic mass is 16.5. The Kier molecular flexibility index (Phi) is 7.77. The Morgan fingerprint density at radius 2 is 2.24 bits per heavy atom. The maximum absolute atomic E-state index is 8.55. The van der Waals surface area contributed by atoms with Crippen LogP contribution in [-0.2, 0) is 9.47 Å². The lowest BCUT2D eigenvalue weighted by Crippen LogP contribution is -2.41. The summed E-state index contributed by atoms with van der Waals surface area (Å²) in [6.45, 7) is 7.59. The lowest BCUT2D eigenvalue weighted by molar-refractivity contribution is -0.0245. The summed E-state index contributed by atoms with van der Waals surface area (Å²) in [5.41, 5.74) is 0. The van der Waals surface area contributed by atoms with Crippen molar-refractivity contribution in [3.05, 3.63) is 0 Å². The summed E-state index contributed by atoms with van der Waals surface area (Å²) < 4.78 is 11.0. The van der Waals surface area contributed by atoms with Crippen LogP contribution in [0.3, 0.4) is 0 Å². The van der Waals surface area contributed by atoms with E-state index in [1.807, 2.05) is 0 Å². The fraction of sp³-hybridized carbons (Fsp3) is 1.00. The average molecular weight is 245 g/mol. The molecule has 1 aliphatic rings. The molecule has 2 N–H and O–H groups in total. The Bertz CT molecular complexity index is 188. The van der Waals surface area contributed by atoms with E-state index in [2.05, 4.69) is 19.2 Å². The monoisotopic (exact) mass is 245 g/mol. The summed E-state index contributed by atoms with van der Waals surface area (Å²) in [6, 6.07) is 0.592. The van der Waals surface area contributed by atoms with Crippen molar-refractivity contribution in [3.63, 3.8) is 0 Å². The van der Waals surface area contributed by atoms with Crippen LogP contribution < -0.4 is 5.32 Å². The second kappa shape index (κ2) is 8.86. The van der Waals surface area contributed by atoms with Crippen molar-refractivity contribution >= 4 is 0 Å². The van der Waals surface area contributed by atoms with E-state index < -0.39 is 0 Å². The second-order valence-electron chi connectivity index (χ2n) is 5.02. The van der Waals surface area contributed by atoms with E-state index >= 15 is 0 Å². The highest BCUT2D eigenvalue weighted by molar-refractivity contribution is 4.78. The molecule has 2 atom stereocenters. The third-order valence-corrected chi connectivity index (χ3v) is 3.19. The van der Waals surface area contributed by atoms with E-state index in [1.165, 1.54) is 0 Å². The molecular weight excluding hydrogens is 218 g/mol. The molecule has 1 fully saturated rings. The summed E-state index contributed by atoms with van der Waals surface area (Å²) in [7, 11) is 0. The molecule has 1 rings (SSSR count). The highest BCUT2D eigenvalue weighted by Gasteiger charge is 2.24. The van der Waals surface area contributed by atoms with Crippen molar-refractivity contribution in [2.24, 2.45) is 5.92 Å². The van der Waals surface area contributed by atoms with E-state index in [0.29, 0.717) is 24.7 Å². The molecule has 0 bridgehead atoms. The van der Waals surface area contributed by atoms with E-state index in [1.54, 1.807) is 0 Å². The first kappa shape index (κ1) is 14.9. The molecule has 0 aromatic rings. The van der Waals surface area contributed by atoms with E-state index in [4.69, 9.17) is 14.6 Å². The van der Waals surface area contributed by atoms with Crippen molar-refractivity contribution in [2.75, 3.05) is 33.0 Å². The number of ether oxygens (including phenoxy) is 2. The number of aliphatic hydroxyl groups excluding tert-OH is 1. The van der Waals surface area contributed by atoms with Gasteiger partial charge in [-0.25, -0.2) is 0 Å². The van der Waals surface area contributed by atoms with Crippen LogP contribution in [0.15, 0.2) is 0 Å². The van der Waals surface area contributed by atoms with Gasteiger partial charge in [-0.15, -0.1) is 0 Å². The molecule has 2 unspecified atom stereocenters. The van der Waals surface area contributed by atoms with E-state index in [9.17, 15) is 0 Å². The number of hydrogen-bond donors (Lipinski definition) is 2. The zero-order valence-electron chi connectivity index (χ0n) is 11.2. The molecule has 0 spiro atoms. The Morgan fingerprint density at radius 3 is 2.94 bits per heavy atom. The lowest BCUT2D eigenvalue weighted by atomic mass is 9.95. The molecule has 1 aliphatic heterocycles. The molecule has 102 valence electrons. The van der Waals surface area contributed by atoms with Crippen LogP contribution in [0.25, 0.3) is 0 Å². The first-order valence-electron chi connectivity index (χ1n) is 6.77. The van der Waals surface area contributed by atoms with E-state index in [-0.39, 0.29) is 6.61 Å². The third-order valence-electron chi connectivity index (χ3n) is 3.19. The maximum Gasteiger partial charge on any atom is 0.0697 e. The summed E-state index contributed by atoms with van der Waals surface area (Å²) >= 11 is 0. The standard InChI is InChI=1S/C13H27NO3/c1-11(2)13-10-12(4-8-17-13)14-5-3-7-16-9-6-15/h11-15H,3-10H2,1-2H3. The topological polar surface area (TPSA) is 50.7 Å². The number of nitrogens with one attached hydrogen (secondary N) is 1. The van der Waals surface area contributed by atoms with Crippen molar-refractivity contribution in [1.82, 2.24) is 5.32 Å². The SMILES string of the molecule is CC(C)C1CC(NCCCOCCO)CCO1. The van der Waals surface area contributed by atoms with Gasteiger partial charge in [0, 0.05) is 19.3 Å². The van der Waals surface area contributed by atoms with Gasteiger partial charge in [-0.05, 0) is 31.7 Å². The molecule has 0 saturated carbocycles. The Hall–Kier alpha value is -0.160. The van der Waals surface area contributed by atoms with Gasteiger partial charge >= 0.3 is 0 Å². The van der Waals surface area contributed by atoms with Gasteiger partial charge in [0.2, 0.25) is 0 Å². The largest absolute Gasteiger partial charge is 0.394 e. The second-order valence-corrected chi connectivity index (χ2v) is 5.02. The average Bonchev–Trinajstić information content (AvgIpc) is 2.34. The van der Waals surface area contributed by atoms with Gasteiger partial charge < -0.3 is 19.9 Å². The minimum absolute atomic E-state index is 0.115. The van der Waals surface area contributed by atoms with Crippen LogP contribution in [0.5, 0.6) is 0 Å². The summed E-state index contributed by atoms with van der Waals surface area (Å²) in [6.07, 6.45) is 3.64. The summed E-state index contributed by atoms with van der Waals surface area (Å²) in [4.78, 5) is 0. The molecular formula is C13H27NO3. The molecule has 0 amide bonds. The molecule has 4 nitrogen and oxygen atoms in total. The van der Waals surface area contributed by atoms with Gasteiger partial charge in [-0.1, -0.05) is 13.8 Å². The first-order chi connectivity index (χ1) is 8.24. The number of aliphatic hydroxyl groups is 1. The van der Waals surface area contributed by atoms with Crippen LogP contribution >= 0.6 is 0 Å². The van der Waals surface area contributed by atoms with E-state index in [0.717, 1.165) is 39.0 Å². The van der Waals surface area contributed by atoms with Gasteiger partial charge in [0.1, 0.15) is 0 Å². The molecule has 0 aromatic heterocycles. The maximum atomic E-state index is 8.55. The van der Waals surface area contributed by atoms with Crippen molar-refractivity contribution in [2.45, 2.75) is 45.3 Å². The number of rotatable bonds is 8. The predicted molar refractivity (Wildman–Crippen MR) is 68.1 cm³/mol. The summed E-state index contributed by atoms with van der Waals surface area (Å²) in [5.74, 6) is 0.604. The van der Waals surface area contributed by atoms with Gasteiger partial charge in [0.25, 0.3) is 0 Å². The third kappa shape index (κ3) is 6.36. The fourth-order valence-electron chi connectivity index (χ4n) is 2.13. The molecule has 1 saturated heterocycles. The Morgan fingerprint density at radius 1 is 1.41 bits per heavy atom. The number of hydrogen-bond acceptors (Lipinski definition) is 4. The highest BCUT2D eigenvalue weighted by Crippen LogP contribution is 2.19. The van der Waals surface area contributed by atoms with Crippen LogP contribution in [0.4, 0.5) is 0 Å². The Labute approximate surface area is 105 Å². The molecule has 0 aliphatic carbocycles. The van der Waals surface area contributed by atoms with Crippen molar-refractivity contribution < 1.29 is 14.6 Å². The molecule has 0 radical (unpaired) electrons. The molecule has 0 aromatic carbocycles. The zero-order valence-corrected chi connectivity index (χ0v) is 11.2.